The molecule has 2 heterocycles. The zero-order chi connectivity index (χ0) is 15.0. The summed E-state index contributed by atoms with van der Waals surface area (Å²) in [5.41, 5.74) is 0.734. The number of halogens is 1. The minimum absolute atomic E-state index is 0.202. The van der Waals surface area contributed by atoms with Gasteiger partial charge >= 0.3 is 0 Å². The maximum absolute atomic E-state index is 11.6. The van der Waals surface area contributed by atoms with E-state index in [1.54, 1.807) is 12.1 Å². The molecule has 5 nitrogen and oxygen atoms in total. The van der Waals surface area contributed by atoms with E-state index in [1.807, 2.05) is 16.0 Å². The van der Waals surface area contributed by atoms with Gasteiger partial charge in [0.05, 0.1) is 10.8 Å². The predicted octanol–water partition coefficient (Wildman–Crippen LogP) is 3.33. The van der Waals surface area contributed by atoms with Gasteiger partial charge in [-0.2, -0.15) is 4.98 Å². The van der Waals surface area contributed by atoms with Crippen molar-refractivity contribution in [3.63, 3.8) is 0 Å². The number of fused-ring (bicyclic) bond motifs is 1. The highest BCUT2D eigenvalue weighted by molar-refractivity contribution is 7.90. The van der Waals surface area contributed by atoms with Crippen LogP contribution >= 0.6 is 22.9 Å². The molecule has 21 heavy (non-hydrogen) atoms. The number of hydrogen-bond donors (Lipinski definition) is 0. The summed E-state index contributed by atoms with van der Waals surface area (Å²) < 4.78 is 30.7. The number of benzene rings is 1. The molecule has 3 aromatic rings. The Morgan fingerprint density at radius 1 is 1.43 bits per heavy atom. The molecule has 0 spiro atoms. The van der Waals surface area contributed by atoms with Crippen molar-refractivity contribution in [1.82, 2.24) is 9.38 Å². The quantitative estimate of drug-likeness (QED) is 0.682. The minimum Gasteiger partial charge on any atom is -0.437 e. The van der Waals surface area contributed by atoms with E-state index in [-0.39, 0.29) is 10.8 Å². The second-order valence-electron chi connectivity index (χ2n) is 4.40. The summed E-state index contributed by atoms with van der Waals surface area (Å²) in [5.74, 6) is 1.05. The molecule has 3 rings (SSSR count). The third-order valence-corrected chi connectivity index (χ3v) is 5.02. The van der Waals surface area contributed by atoms with Gasteiger partial charge in [0.25, 0.3) is 0 Å². The Morgan fingerprint density at radius 3 is 2.95 bits per heavy atom. The normalized spacial score (nSPS) is 11.9. The molecular weight excluding hydrogens is 332 g/mol. The van der Waals surface area contributed by atoms with E-state index in [2.05, 4.69) is 4.98 Å². The maximum Gasteiger partial charge on any atom is 0.243 e. The highest BCUT2D eigenvalue weighted by atomic mass is 35.5. The number of rotatable bonds is 4. The lowest BCUT2D eigenvalue weighted by Gasteiger charge is -2.06. The Hall–Kier alpha value is -1.57. The van der Waals surface area contributed by atoms with Crippen LogP contribution < -0.4 is 4.74 Å². The van der Waals surface area contributed by atoms with Gasteiger partial charge in [-0.3, -0.25) is 4.40 Å². The number of ether oxygens (including phenoxy) is 1. The third-order valence-electron chi connectivity index (χ3n) is 2.90. The Labute approximate surface area is 130 Å². The van der Waals surface area contributed by atoms with Crippen LogP contribution in [0, 0.1) is 0 Å². The van der Waals surface area contributed by atoms with Gasteiger partial charge in [-0.1, -0.05) is 6.07 Å². The standard InChI is InChI=1S/C13H11ClN2O3S2/c1-21(17,18)10-4-2-3-9(7-10)19-12-11(8-14)16-5-6-20-13(16)15-12/h2-7H,8H2,1H3. The van der Waals surface area contributed by atoms with E-state index in [0.717, 1.165) is 16.9 Å². The smallest absolute Gasteiger partial charge is 0.243 e. The number of hydrogen-bond acceptors (Lipinski definition) is 5. The first kappa shape index (κ1) is 14.4. The first-order chi connectivity index (χ1) is 9.99. The lowest BCUT2D eigenvalue weighted by atomic mass is 10.3. The third kappa shape index (κ3) is 2.76. The summed E-state index contributed by atoms with van der Waals surface area (Å²) in [6.07, 6.45) is 3.02. The van der Waals surface area contributed by atoms with Crippen LogP contribution in [0.3, 0.4) is 0 Å². The number of alkyl halides is 1. The molecule has 0 radical (unpaired) electrons. The number of imidazole rings is 1. The SMILES string of the molecule is CS(=O)(=O)c1cccc(Oc2nc3sccn3c2CCl)c1. The van der Waals surface area contributed by atoms with E-state index in [9.17, 15) is 8.42 Å². The summed E-state index contributed by atoms with van der Waals surface area (Å²) in [6, 6.07) is 6.31. The number of nitrogens with zero attached hydrogens (tertiary/aromatic N) is 2. The average molecular weight is 343 g/mol. The zero-order valence-corrected chi connectivity index (χ0v) is 13.4. The van der Waals surface area contributed by atoms with E-state index in [4.69, 9.17) is 16.3 Å². The topological polar surface area (TPSA) is 60.7 Å². The van der Waals surface area contributed by atoms with Crippen molar-refractivity contribution in [2.24, 2.45) is 0 Å². The van der Waals surface area contributed by atoms with E-state index < -0.39 is 9.84 Å². The lowest BCUT2D eigenvalue weighted by Crippen LogP contribution is -1.97. The fourth-order valence-corrected chi connectivity index (χ4v) is 3.52. The molecule has 0 saturated heterocycles. The molecule has 0 aliphatic rings. The first-order valence-corrected chi connectivity index (χ1v) is 9.28. The molecular formula is C13H11ClN2O3S2. The highest BCUT2D eigenvalue weighted by Crippen LogP contribution is 2.29. The minimum atomic E-state index is -3.28. The van der Waals surface area contributed by atoms with Gasteiger partial charge in [0, 0.05) is 17.8 Å². The van der Waals surface area contributed by atoms with Gasteiger partial charge in [-0.05, 0) is 18.2 Å². The summed E-state index contributed by atoms with van der Waals surface area (Å²) in [7, 11) is -3.28. The van der Waals surface area contributed by atoms with Crippen LogP contribution in [0.25, 0.3) is 4.96 Å². The summed E-state index contributed by atoms with van der Waals surface area (Å²) in [4.78, 5) is 5.34. The lowest BCUT2D eigenvalue weighted by molar-refractivity contribution is 0.460. The summed E-state index contributed by atoms with van der Waals surface area (Å²) in [6.45, 7) is 0. The second-order valence-corrected chi connectivity index (χ2v) is 7.56. The Bertz CT molecular complexity index is 899. The summed E-state index contributed by atoms with van der Waals surface area (Å²) in [5, 5.41) is 1.91. The molecule has 0 bridgehead atoms. The average Bonchev–Trinajstić information content (AvgIpc) is 2.98. The molecule has 8 heteroatoms. The largest absolute Gasteiger partial charge is 0.437 e. The molecule has 0 saturated carbocycles. The number of thiazole rings is 1. The zero-order valence-electron chi connectivity index (χ0n) is 11.0. The molecule has 1 aromatic carbocycles. The van der Waals surface area contributed by atoms with Crippen LogP contribution in [-0.2, 0) is 15.7 Å². The van der Waals surface area contributed by atoms with Gasteiger partial charge in [0.15, 0.2) is 14.8 Å². The Morgan fingerprint density at radius 2 is 2.24 bits per heavy atom. The van der Waals surface area contributed by atoms with Crippen LogP contribution in [0.15, 0.2) is 40.7 Å². The van der Waals surface area contributed by atoms with Crippen LogP contribution in [-0.4, -0.2) is 24.1 Å². The molecule has 110 valence electrons. The van der Waals surface area contributed by atoms with Crippen molar-refractivity contribution in [3.8, 4) is 11.6 Å². The van der Waals surface area contributed by atoms with Crippen LogP contribution in [0.5, 0.6) is 11.6 Å². The van der Waals surface area contributed by atoms with E-state index >= 15 is 0 Å². The second kappa shape index (κ2) is 5.32. The van der Waals surface area contributed by atoms with Gasteiger partial charge in [-0.25, -0.2) is 8.42 Å². The highest BCUT2D eigenvalue weighted by Gasteiger charge is 2.15. The maximum atomic E-state index is 11.6. The van der Waals surface area contributed by atoms with Gasteiger partial charge in [-0.15, -0.1) is 22.9 Å². The van der Waals surface area contributed by atoms with Crippen molar-refractivity contribution in [1.29, 1.82) is 0 Å². The van der Waals surface area contributed by atoms with Gasteiger partial charge < -0.3 is 4.74 Å². The van der Waals surface area contributed by atoms with Crippen molar-refractivity contribution < 1.29 is 13.2 Å². The number of aromatic nitrogens is 2. The van der Waals surface area contributed by atoms with Gasteiger partial charge in [0.1, 0.15) is 11.4 Å². The molecule has 0 amide bonds. The molecule has 0 atom stereocenters. The molecule has 0 fully saturated rings. The van der Waals surface area contributed by atoms with E-state index in [0.29, 0.717) is 11.6 Å². The van der Waals surface area contributed by atoms with Gasteiger partial charge in [0.2, 0.25) is 5.88 Å². The summed E-state index contributed by atoms with van der Waals surface area (Å²) >= 11 is 7.42. The van der Waals surface area contributed by atoms with Crippen molar-refractivity contribution in [2.75, 3.05) is 6.26 Å². The predicted molar refractivity (Wildman–Crippen MR) is 82.3 cm³/mol. The molecule has 2 aromatic heterocycles. The van der Waals surface area contributed by atoms with Crippen LogP contribution in [0.2, 0.25) is 0 Å². The Kier molecular flexibility index (Phi) is 3.64. The fourth-order valence-electron chi connectivity index (χ4n) is 1.90. The molecule has 0 unspecified atom stereocenters. The fraction of sp³-hybridized carbons (Fsp3) is 0.154. The molecule has 0 aliphatic carbocycles. The first-order valence-electron chi connectivity index (χ1n) is 5.97. The van der Waals surface area contributed by atoms with Crippen molar-refractivity contribution in [3.05, 3.63) is 41.5 Å². The molecule has 0 N–H and O–H groups in total. The molecule has 0 aliphatic heterocycles. The van der Waals surface area contributed by atoms with E-state index in [1.165, 1.54) is 23.5 Å². The number of sulfone groups is 1. The van der Waals surface area contributed by atoms with Crippen LogP contribution in [0.1, 0.15) is 5.69 Å². The van der Waals surface area contributed by atoms with Crippen molar-refractivity contribution in [2.45, 2.75) is 10.8 Å². The van der Waals surface area contributed by atoms with Crippen molar-refractivity contribution >= 4 is 37.7 Å². The monoisotopic (exact) mass is 342 g/mol. The Balaban J connectivity index is 2.00. The van der Waals surface area contributed by atoms with Crippen LogP contribution in [0.4, 0.5) is 0 Å².